The highest BCUT2D eigenvalue weighted by Gasteiger charge is 2.18. The van der Waals surface area contributed by atoms with E-state index in [0.29, 0.717) is 0 Å². The molecule has 0 N–H and O–H groups in total. The second-order valence-corrected chi connectivity index (χ2v) is 16.1. The fourth-order valence-electron chi connectivity index (χ4n) is 9.37. The Morgan fingerprint density at radius 1 is 0.274 bits per heavy atom. The third kappa shape index (κ3) is 6.20. The highest BCUT2D eigenvalue weighted by atomic mass is 16.3. The van der Waals surface area contributed by atoms with Gasteiger partial charge in [0, 0.05) is 33.2 Å². The standard InChI is InChI=1S/C60H39NO/c1-2-14-46-37-47(30-29-40(46)11-1)43-27-25-41(26-28-43)42-31-34-50(35-32-42)61(51-18-7-16-48(38-51)54-22-9-15-44-12-3-5-20-53(44)54)52-19-8-17-49(39-52)55-23-10-24-58-59(55)57-36-33-45-13-4-6-21-56(45)60(57)62-58/h1-39H. The zero-order valence-electron chi connectivity index (χ0n) is 33.9. The maximum absolute atomic E-state index is 6.61. The molecule has 0 aliphatic rings. The van der Waals surface area contributed by atoms with Crippen LogP contribution in [0.1, 0.15) is 0 Å². The van der Waals surface area contributed by atoms with Gasteiger partial charge >= 0.3 is 0 Å². The van der Waals surface area contributed by atoms with Gasteiger partial charge in [0.15, 0.2) is 0 Å². The first-order valence-corrected chi connectivity index (χ1v) is 21.2. The van der Waals surface area contributed by atoms with Crippen molar-refractivity contribution in [2.45, 2.75) is 0 Å². The lowest BCUT2D eigenvalue weighted by Crippen LogP contribution is -2.10. The number of anilines is 3. The summed E-state index contributed by atoms with van der Waals surface area (Å²) >= 11 is 0. The molecule has 0 aliphatic heterocycles. The van der Waals surface area contributed by atoms with E-state index in [1.54, 1.807) is 0 Å². The average molecular weight is 790 g/mol. The van der Waals surface area contributed by atoms with Crippen molar-refractivity contribution in [2.24, 2.45) is 0 Å². The number of hydrogen-bond donors (Lipinski definition) is 0. The van der Waals surface area contributed by atoms with Crippen LogP contribution >= 0.6 is 0 Å². The van der Waals surface area contributed by atoms with Gasteiger partial charge < -0.3 is 9.32 Å². The van der Waals surface area contributed by atoms with E-state index in [0.717, 1.165) is 55.5 Å². The van der Waals surface area contributed by atoms with Gasteiger partial charge in [-0.05, 0) is 126 Å². The maximum Gasteiger partial charge on any atom is 0.143 e. The first kappa shape index (κ1) is 35.7. The van der Waals surface area contributed by atoms with Crippen molar-refractivity contribution < 1.29 is 4.42 Å². The molecule has 11 aromatic carbocycles. The molecule has 12 rings (SSSR count). The van der Waals surface area contributed by atoms with Gasteiger partial charge in [0.25, 0.3) is 0 Å². The van der Waals surface area contributed by atoms with Gasteiger partial charge in [-0.2, -0.15) is 0 Å². The molecule has 2 heteroatoms. The van der Waals surface area contributed by atoms with Crippen molar-refractivity contribution in [3.05, 3.63) is 237 Å². The Kier molecular flexibility index (Phi) is 8.53. The molecule has 0 spiro atoms. The summed E-state index contributed by atoms with van der Waals surface area (Å²) in [5.41, 5.74) is 14.5. The van der Waals surface area contributed by atoms with Crippen LogP contribution in [-0.2, 0) is 0 Å². The van der Waals surface area contributed by atoms with E-state index in [2.05, 4.69) is 241 Å². The van der Waals surface area contributed by atoms with Crippen LogP contribution in [0.4, 0.5) is 17.1 Å². The Balaban J connectivity index is 0.961. The minimum atomic E-state index is 0.889. The first-order valence-electron chi connectivity index (χ1n) is 21.2. The largest absolute Gasteiger partial charge is 0.455 e. The molecule has 62 heavy (non-hydrogen) atoms. The Hall–Kier alpha value is -8.20. The molecule has 0 unspecified atom stereocenters. The number of nitrogens with zero attached hydrogens (tertiary/aromatic N) is 1. The zero-order valence-corrected chi connectivity index (χ0v) is 33.9. The molecule has 0 atom stereocenters. The summed E-state index contributed by atoms with van der Waals surface area (Å²) in [6, 6.07) is 85.5. The summed E-state index contributed by atoms with van der Waals surface area (Å²) in [4.78, 5) is 2.38. The molecule has 0 saturated heterocycles. The Labute approximate surface area is 360 Å². The molecule has 290 valence electrons. The highest BCUT2D eigenvalue weighted by Crippen LogP contribution is 2.43. The molecular formula is C60H39NO. The van der Waals surface area contributed by atoms with Crippen LogP contribution < -0.4 is 4.90 Å². The van der Waals surface area contributed by atoms with E-state index in [4.69, 9.17) is 4.42 Å². The van der Waals surface area contributed by atoms with Gasteiger partial charge in [0.1, 0.15) is 11.2 Å². The van der Waals surface area contributed by atoms with Crippen LogP contribution in [0.2, 0.25) is 0 Å². The van der Waals surface area contributed by atoms with Gasteiger partial charge in [-0.15, -0.1) is 0 Å². The predicted octanol–water partition coefficient (Wildman–Crippen LogP) is 17.2. The number of furan rings is 1. The molecule has 1 aromatic heterocycles. The van der Waals surface area contributed by atoms with E-state index in [-0.39, 0.29) is 0 Å². The third-order valence-electron chi connectivity index (χ3n) is 12.4. The van der Waals surface area contributed by atoms with Crippen molar-refractivity contribution in [2.75, 3.05) is 4.90 Å². The molecule has 0 bridgehead atoms. The van der Waals surface area contributed by atoms with E-state index < -0.39 is 0 Å². The van der Waals surface area contributed by atoms with Crippen LogP contribution in [0.3, 0.4) is 0 Å². The average Bonchev–Trinajstić information content (AvgIpc) is 3.74. The van der Waals surface area contributed by atoms with Crippen molar-refractivity contribution in [3.63, 3.8) is 0 Å². The summed E-state index contributed by atoms with van der Waals surface area (Å²) in [5, 5.41) is 9.54. The normalized spacial score (nSPS) is 11.5. The van der Waals surface area contributed by atoms with Gasteiger partial charge in [-0.25, -0.2) is 0 Å². The first-order chi connectivity index (χ1) is 30.7. The molecule has 0 saturated carbocycles. The lowest BCUT2D eigenvalue weighted by Gasteiger charge is -2.27. The van der Waals surface area contributed by atoms with Crippen LogP contribution in [0.5, 0.6) is 0 Å². The lowest BCUT2D eigenvalue weighted by atomic mass is 9.96. The molecular weight excluding hydrogens is 751 g/mol. The lowest BCUT2D eigenvalue weighted by molar-refractivity contribution is 0.673. The Bertz CT molecular complexity index is 3630. The number of rotatable bonds is 7. The minimum absolute atomic E-state index is 0.889. The number of hydrogen-bond acceptors (Lipinski definition) is 2. The van der Waals surface area contributed by atoms with Crippen molar-refractivity contribution in [1.29, 1.82) is 0 Å². The van der Waals surface area contributed by atoms with Gasteiger partial charge in [0.05, 0.1) is 0 Å². The van der Waals surface area contributed by atoms with E-state index >= 15 is 0 Å². The zero-order chi connectivity index (χ0) is 41.0. The van der Waals surface area contributed by atoms with Gasteiger partial charge in [-0.1, -0.05) is 182 Å². The van der Waals surface area contributed by atoms with Crippen molar-refractivity contribution in [1.82, 2.24) is 0 Å². The molecule has 0 radical (unpaired) electrons. The Morgan fingerprint density at radius 3 is 1.53 bits per heavy atom. The van der Waals surface area contributed by atoms with Crippen LogP contribution in [0.25, 0.3) is 98.8 Å². The fraction of sp³-hybridized carbons (Fsp3) is 0. The van der Waals surface area contributed by atoms with Gasteiger partial charge in [-0.3, -0.25) is 0 Å². The molecule has 1 heterocycles. The smallest absolute Gasteiger partial charge is 0.143 e. The molecule has 12 aromatic rings. The summed E-state index contributed by atoms with van der Waals surface area (Å²) < 4.78 is 6.61. The molecule has 0 amide bonds. The number of fused-ring (bicyclic) bond motifs is 7. The van der Waals surface area contributed by atoms with E-state index in [1.807, 2.05) is 0 Å². The van der Waals surface area contributed by atoms with Crippen LogP contribution in [-0.4, -0.2) is 0 Å². The Morgan fingerprint density at radius 2 is 0.790 bits per heavy atom. The second kappa shape index (κ2) is 14.8. The molecule has 0 fully saturated rings. The summed E-state index contributed by atoms with van der Waals surface area (Å²) in [6.45, 7) is 0. The van der Waals surface area contributed by atoms with E-state index in [9.17, 15) is 0 Å². The third-order valence-corrected chi connectivity index (χ3v) is 12.4. The molecule has 0 aliphatic carbocycles. The summed E-state index contributed by atoms with van der Waals surface area (Å²) in [7, 11) is 0. The molecule has 2 nitrogen and oxygen atoms in total. The number of benzene rings is 11. The van der Waals surface area contributed by atoms with Crippen LogP contribution in [0, 0.1) is 0 Å². The highest BCUT2D eigenvalue weighted by molar-refractivity contribution is 6.19. The topological polar surface area (TPSA) is 16.4 Å². The second-order valence-electron chi connectivity index (χ2n) is 16.1. The minimum Gasteiger partial charge on any atom is -0.455 e. The SMILES string of the molecule is c1cc(-c2cccc3ccccc23)cc(N(c2ccc(-c3ccc(-c4ccc5ccccc5c4)cc3)cc2)c2cccc(-c3cccc4oc5c6ccccc6ccc5c34)c2)c1. The summed E-state index contributed by atoms with van der Waals surface area (Å²) in [6.07, 6.45) is 0. The van der Waals surface area contributed by atoms with Crippen molar-refractivity contribution in [3.8, 4) is 44.5 Å². The van der Waals surface area contributed by atoms with E-state index in [1.165, 1.54) is 60.3 Å². The fourth-order valence-corrected chi connectivity index (χ4v) is 9.37. The van der Waals surface area contributed by atoms with Crippen molar-refractivity contribution >= 4 is 71.3 Å². The maximum atomic E-state index is 6.61. The summed E-state index contributed by atoms with van der Waals surface area (Å²) in [5.74, 6) is 0. The van der Waals surface area contributed by atoms with Crippen LogP contribution in [0.15, 0.2) is 241 Å². The van der Waals surface area contributed by atoms with Gasteiger partial charge in [0.2, 0.25) is 0 Å². The monoisotopic (exact) mass is 789 g/mol. The predicted molar refractivity (Wildman–Crippen MR) is 263 cm³/mol. The quantitative estimate of drug-likeness (QED) is 0.160.